The smallest absolute Gasteiger partial charge is 0.270 e. The van der Waals surface area contributed by atoms with Gasteiger partial charge in [-0.05, 0) is 48.2 Å². The molecule has 0 aliphatic heterocycles. The van der Waals surface area contributed by atoms with Crippen molar-refractivity contribution in [1.82, 2.24) is 15.2 Å². The van der Waals surface area contributed by atoms with Crippen LogP contribution in [0.5, 0.6) is 0 Å². The molecule has 0 bridgehead atoms. The van der Waals surface area contributed by atoms with Crippen LogP contribution in [0.1, 0.15) is 64.3 Å². The summed E-state index contributed by atoms with van der Waals surface area (Å²) in [6.45, 7) is 5.11. The summed E-state index contributed by atoms with van der Waals surface area (Å²) >= 11 is 7.84. The zero-order valence-corrected chi connectivity index (χ0v) is 22.8. The number of carbonyl (C=O) groups is 1. The predicted octanol–water partition coefficient (Wildman–Crippen LogP) is 7.55. The van der Waals surface area contributed by atoms with Crippen LogP contribution in [0, 0.1) is 0 Å². The molecule has 0 aliphatic rings. The Balaban J connectivity index is 1.51. The van der Waals surface area contributed by atoms with Gasteiger partial charge in [0.15, 0.2) is 0 Å². The molecule has 1 amide bonds. The zero-order valence-electron chi connectivity index (χ0n) is 21.3. The Kier molecular flexibility index (Phi) is 10.3. The first-order chi connectivity index (χ1) is 18.1. The molecule has 1 heterocycles. The molecule has 3 aromatic carbocycles. The molecule has 4 rings (SSSR count). The van der Waals surface area contributed by atoms with Gasteiger partial charge in [-0.15, -0.1) is 11.3 Å². The van der Waals surface area contributed by atoms with Gasteiger partial charge in [-0.2, -0.15) is 0 Å². The molecule has 0 fully saturated rings. The summed E-state index contributed by atoms with van der Waals surface area (Å²) in [5, 5.41) is 6.52. The number of aromatic nitrogens is 1. The summed E-state index contributed by atoms with van der Waals surface area (Å²) in [7, 11) is 0. The fourth-order valence-electron chi connectivity index (χ4n) is 4.46. The molecule has 0 saturated heterocycles. The second-order valence-corrected chi connectivity index (χ2v) is 10.6. The summed E-state index contributed by atoms with van der Waals surface area (Å²) in [4.78, 5) is 19.6. The Hall–Kier alpha value is -2.99. The van der Waals surface area contributed by atoms with Gasteiger partial charge in [0, 0.05) is 29.4 Å². The Bertz CT molecular complexity index is 1210. The van der Waals surface area contributed by atoms with E-state index in [-0.39, 0.29) is 5.91 Å². The molecular weight excluding hydrogens is 498 g/mol. The fraction of sp³-hybridized carbons (Fsp3) is 0.290. The van der Waals surface area contributed by atoms with Gasteiger partial charge in [0.05, 0.1) is 6.54 Å². The van der Waals surface area contributed by atoms with Gasteiger partial charge in [-0.1, -0.05) is 97.7 Å². The number of unbranched alkanes of at least 4 members (excludes halogenated alkanes) is 1. The van der Waals surface area contributed by atoms with Crippen LogP contribution in [0.2, 0.25) is 5.02 Å². The van der Waals surface area contributed by atoms with Crippen molar-refractivity contribution in [2.24, 2.45) is 0 Å². The molecule has 0 radical (unpaired) electrons. The Morgan fingerprint density at radius 3 is 2.32 bits per heavy atom. The van der Waals surface area contributed by atoms with Gasteiger partial charge in [0.25, 0.3) is 5.91 Å². The van der Waals surface area contributed by atoms with Gasteiger partial charge in [0.1, 0.15) is 10.7 Å². The normalized spacial score (nSPS) is 11.2. The number of halogens is 1. The standard InChI is InChI=1S/C31H34ClN3OS/c1-2-3-18-33-31(36)29-23-37-30(34-29)22-35(21-24-11-10-16-27(32)20-24)19-17-28(25-12-6-4-7-13-25)26-14-8-5-9-15-26/h4-16,20,23,28H,2-3,17-19,21-22H2,1H3,(H,33,36). The van der Waals surface area contributed by atoms with E-state index in [1.165, 1.54) is 11.1 Å². The minimum absolute atomic E-state index is 0.0921. The Morgan fingerprint density at radius 2 is 1.68 bits per heavy atom. The lowest BCUT2D eigenvalue weighted by Crippen LogP contribution is -2.26. The van der Waals surface area contributed by atoms with Gasteiger partial charge in [0.2, 0.25) is 0 Å². The maximum Gasteiger partial charge on any atom is 0.270 e. The van der Waals surface area contributed by atoms with Crippen LogP contribution in [0.15, 0.2) is 90.3 Å². The molecule has 192 valence electrons. The van der Waals surface area contributed by atoms with Crippen LogP contribution in [-0.2, 0) is 13.1 Å². The molecule has 0 atom stereocenters. The van der Waals surface area contributed by atoms with Crippen molar-refractivity contribution in [2.45, 2.75) is 45.2 Å². The highest BCUT2D eigenvalue weighted by Crippen LogP contribution is 2.29. The molecule has 4 aromatic rings. The van der Waals surface area contributed by atoms with E-state index < -0.39 is 0 Å². The third-order valence-electron chi connectivity index (χ3n) is 6.39. The molecule has 4 nitrogen and oxygen atoms in total. The summed E-state index contributed by atoms with van der Waals surface area (Å²) in [5.74, 6) is 0.200. The average molecular weight is 532 g/mol. The summed E-state index contributed by atoms with van der Waals surface area (Å²) < 4.78 is 0. The average Bonchev–Trinajstić information content (AvgIpc) is 3.39. The molecule has 0 unspecified atom stereocenters. The lowest BCUT2D eigenvalue weighted by atomic mass is 9.88. The maximum atomic E-state index is 12.5. The zero-order chi connectivity index (χ0) is 25.9. The molecule has 37 heavy (non-hydrogen) atoms. The molecule has 6 heteroatoms. The monoisotopic (exact) mass is 531 g/mol. The van der Waals surface area contributed by atoms with Crippen LogP contribution in [0.25, 0.3) is 0 Å². The second-order valence-electron chi connectivity index (χ2n) is 9.24. The van der Waals surface area contributed by atoms with Gasteiger partial charge in [-0.3, -0.25) is 9.69 Å². The molecule has 1 N–H and O–H groups in total. The minimum atomic E-state index is -0.0921. The van der Waals surface area contributed by atoms with E-state index in [1.54, 1.807) is 11.3 Å². The maximum absolute atomic E-state index is 12.5. The lowest BCUT2D eigenvalue weighted by Gasteiger charge is -2.25. The first-order valence-electron chi connectivity index (χ1n) is 12.9. The van der Waals surface area contributed by atoms with Crippen molar-refractivity contribution in [3.63, 3.8) is 0 Å². The van der Waals surface area contributed by atoms with Crippen LogP contribution in [0.3, 0.4) is 0 Å². The van der Waals surface area contributed by atoms with Gasteiger partial charge >= 0.3 is 0 Å². The van der Waals surface area contributed by atoms with E-state index in [0.29, 0.717) is 24.7 Å². The predicted molar refractivity (Wildman–Crippen MR) is 154 cm³/mol. The first kappa shape index (κ1) is 27.1. The van der Waals surface area contributed by atoms with E-state index in [1.807, 2.05) is 23.6 Å². The highest BCUT2D eigenvalue weighted by Gasteiger charge is 2.18. The number of nitrogens with one attached hydrogen (secondary N) is 1. The van der Waals surface area contributed by atoms with Crippen LogP contribution < -0.4 is 5.32 Å². The number of thiazole rings is 1. The number of carbonyl (C=O) groups excluding carboxylic acids is 1. The third-order valence-corrected chi connectivity index (χ3v) is 7.46. The van der Waals surface area contributed by atoms with Crippen LogP contribution in [0.4, 0.5) is 0 Å². The van der Waals surface area contributed by atoms with Crippen molar-refractivity contribution in [3.8, 4) is 0 Å². The van der Waals surface area contributed by atoms with E-state index in [4.69, 9.17) is 11.6 Å². The number of nitrogens with zero attached hydrogens (tertiary/aromatic N) is 2. The van der Waals surface area contributed by atoms with Crippen molar-refractivity contribution in [1.29, 1.82) is 0 Å². The van der Waals surface area contributed by atoms with E-state index in [2.05, 4.69) is 88.9 Å². The molecule has 1 aromatic heterocycles. The molecule has 0 spiro atoms. The number of hydrogen-bond donors (Lipinski definition) is 1. The summed E-state index contributed by atoms with van der Waals surface area (Å²) in [5.41, 5.74) is 4.30. The van der Waals surface area contributed by atoms with Gasteiger partial charge < -0.3 is 5.32 Å². The Morgan fingerprint density at radius 1 is 0.973 bits per heavy atom. The topological polar surface area (TPSA) is 45.2 Å². The number of hydrogen-bond acceptors (Lipinski definition) is 4. The summed E-state index contributed by atoms with van der Waals surface area (Å²) in [6.07, 6.45) is 2.98. The Labute approximate surface area is 229 Å². The van der Waals surface area contributed by atoms with Crippen molar-refractivity contribution < 1.29 is 4.79 Å². The van der Waals surface area contributed by atoms with Crippen LogP contribution >= 0.6 is 22.9 Å². The van der Waals surface area contributed by atoms with Crippen molar-refractivity contribution in [2.75, 3.05) is 13.1 Å². The van der Waals surface area contributed by atoms with Gasteiger partial charge in [-0.25, -0.2) is 4.98 Å². The highest BCUT2D eigenvalue weighted by atomic mass is 35.5. The second kappa shape index (κ2) is 14.1. The van der Waals surface area contributed by atoms with E-state index >= 15 is 0 Å². The van der Waals surface area contributed by atoms with E-state index in [9.17, 15) is 4.79 Å². The lowest BCUT2D eigenvalue weighted by molar-refractivity contribution is 0.0948. The van der Waals surface area contributed by atoms with Crippen molar-refractivity contribution >= 4 is 28.8 Å². The largest absolute Gasteiger partial charge is 0.351 e. The quantitative estimate of drug-likeness (QED) is 0.181. The fourth-order valence-corrected chi connectivity index (χ4v) is 5.49. The van der Waals surface area contributed by atoms with E-state index in [0.717, 1.165) is 47.9 Å². The molecule has 0 saturated carbocycles. The summed E-state index contributed by atoms with van der Waals surface area (Å²) in [6, 6.07) is 29.4. The highest BCUT2D eigenvalue weighted by molar-refractivity contribution is 7.09. The SMILES string of the molecule is CCCCNC(=O)c1csc(CN(CCC(c2ccccc2)c2ccccc2)Cc2cccc(Cl)c2)n1. The minimum Gasteiger partial charge on any atom is -0.351 e. The third kappa shape index (κ3) is 8.26. The van der Waals surface area contributed by atoms with Crippen LogP contribution in [-0.4, -0.2) is 28.9 Å². The number of rotatable bonds is 13. The molecule has 0 aliphatic carbocycles. The first-order valence-corrected chi connectivity index (χ1v) is 14.2. The molecular formula is C31H34ClN3OS. The number of benzene rings is 3. The van der Waals surface area contributed by atoms with Crippen molar-refractivity contribution in [3.05, 3.63) is 123 Å². The number of amides is 1.